The van der Waals surface area contributed by atoms with Crippen molar-refractivity contribution in [1.82, 2.24) is 0 Å². The van der Waals surface area contributed by atoms with Gasteiger partial charge in [0.05, 0.1) is 25.6 Å². The molecule has 4 nitrogen and oxygen atoms in total. The van der Waals surface area contributed by atoms with Crippen molar-refractivity contribution in [2.45, 2.75) is 71.6 Å². The smallest absolute Gasteiger partial charge is 0.309 e. The zero-order valence-electron chi connectivity index (χ0n) is 14.8. The van der Waals surface area contributed by atoms with Gasteiger partial charge in [-0.05, 0) is 51.4 Å². The van der Waals surface area contributed by atoms with Gasteiger partial charge >= 0.3 is 11.9 Å². The van der Waals surface area contributed by atoms with Gasteiger partial charge in [-0.2, -0.15) is 0 Å². The molecular formula is C19H32O4. The number of ether oxygens (including phenoxy) is 2. The number of carbonyl (C=O) groups is 2. The van der Waals surface area contributed by atoms with Crippen LogP contribution < -0.4 is 0 Å². The zero-order chi connectivity index (χ0) is 17.1. The van der Waals surface area contributed by atoms with Crippen molar-refractivity contribution in [3.63, 3.8) is 0 Å². The van der Waals surface area contributed by atoms with E-state index in [1.54, 1.807) is 6.92 Å². The summed E-state index contributed by atoms with van der Waals surface area (Å²) in [5.41, 5.74) is 0.803. The SMILES string of the molecule is C=C(C)CC(=O)OCCCCOC(=O)C1CCC(CCC)CC1. The van der Waals surface area contributed by atoms with E-state index < -0.39 is 0 Å². The molecule has 0 unspecified atom stereocenters. The maximum atomic E-state index is 12.0. The van der Waals surface area contributed by atoms with Crippen molar-refractivity contribution in [2.24, 2.45) is 11.8 Å². The van der Waals surface area contributed by atoms with Gasteiger partial charge in [0.2, 0.25) is 0 Å². The molecule has 0 aromatic carbocycles. The van der Waals surface area contributed by atoms with Crippen LogP contribution in [0.25, 0.3) is 0 Å². The van der Waals surface area contributed by atoms with Crippen molar-refractivity contribution < 1.29 is 19.1 Å². The Labute approximate surface area is 140 Å². The zero-order valence-corrected chi connectivity index (χ0v) is 14.8. The number of esters is 2. The minimum absolute atomic E-state index is 0.0424. The molecule has 0 atom stereocenters. The summed E-state index contributed by atoms with van der Waals surface area (Å²) in [6.45, 7) is 8.50. The average Bonchev–Trinajstić information content (AvgIpc) is 2.51. The van der Waals surface area contributed by atoms with Gasteiger partial charge in [0.25, 0.3) is 0 Å². The Morgan fingerprint density at radius 3 is 2.22 bits per heavy atom. The van der Waals surface area contributed by atoms with E-state index in [4.69, 9.17) is 9.47 Å². The lowest BCUT2D eigenvalue weighted by Gasteiger charge is -2.26. The fourth-order valence-corrected chi connectivity index (χ4v) is 3.07. The number of rotatable bonds is 10. The summed E-state index contributed by atoms with van der Waals surface area (Å²) in [6, 6.07) is 0. The first-order chi connectivity index (χ1) is 11.0. The molecule has 132 valence electrons. The first kappa shape index (κ1) is 19.7. The van der Waals surface area contributed by atoms with E-state index in [0.717, 1.165) is 50.0 Å². The molecule has 0 aromatic rings. The maximum absolute atomic E-state index is 12.0. The van der Waals surface area contributed by atoms with Crippen LogP contribution in [0.15, 0.2) is 12.2 Å². The van der Waals surface area contributed by atoms with Crippen LogP contribution in [0, 0.1) is 11.8 Å². The Bertz CT molecular complexity index is 381. The fraction of sp³-hybridized carbons (Fsp3) is 0.789. The van der Waals surface area contributed by atoms with Crippen molar-refractivity contribution in [2.75, 3.05) is 13.2 Å². The van der Waals surface area contributed by atoms with Crippen LogP contribution >= 0.6 is 0 Å². The second-order valence-corrected chi connectivity index (χ2v) is 6.74. The normalized spacial score (nSPS) is 20.8. The quantitative estimate of drug-likeness (QED) is 0.339. The molecule has 23 heavy (non-hydrogen) atoms. The van der Waals surface area contributed by atoms with Gasteiger partial charge in [0.15, 0.2) is 0 Å². The molecule has 0 radical (unpaired) electrons. The topological polar surface area (TPSA) is 52.6 Å². The molecule has 1 fully saturated rings. The van der Waals surface area contributed by atoms with Crippen LogP contribution in [0.5, 0.6) is 0 Å². The Hall–Kier alpha value is -1.32. The Morgan fingerprint density at radius 2 is 1.65 bits per heavy atom. The highest BCUT2D eigenvalue weighted by molar-refractivity contribution is 5.72. The van der Waals surface area contributed by atoms with Gasteiger partial charge in [-0.25, -0.2) is 0 Å². The lowest BCUT2D eigenvalue weighted by molar-refractivity contribution is -0.150. The predicted molar refractivity (Wildman–Crippen MR) is 90.9 cm³/mol. The molecule has 0 spiro atoms. The molecule has 0 aromatic heterocycles. The molecule has 1 aliphatic carbocycles. The molecule has 4 heteroatoms. The largest absolute Gasteiger partial charge is 0.465 e. The molecule has 0 aliphatic heterocycles. The summed E-state index contributed by atoms with van der Waals surface area (Å²) in [6.07, 6.45) is 8.51. The third kappa shape index (κ3) is 8.77. The van der Waals surface area contributed by atoms with Crippen LogP contribution in [0.4, 0.5) is 0 Å². The number of unbranched alkanes of at least 4 members (excludes halogenated alkanes) is 1. The van der Waals surface area contributed by atoms with Crippen LogP contribution in [0.3, 0.4) is 0 Å². The number of carbonyl (C=O) groups excluding carboxylic acids is 2. The van der Waals surface area contributed by atoms with E-state index in [1.165, 1.54) is 12.8 Å². The predicted octanol–water partition coefficient (Wildman–Crippen LogP) is 4.43. The van der Waals surface area contributed by atoms with Crippen LogP contribution in [-0.4, -0.2) is 25.2 Å². The molecule has 0 N–H and O–H groups in total. The van der Waals surface area contributed by atoms with Crippen molar-refractivity contribution in [3.05, 3.63) is 12.2 Å². The van der Waals surface area contributed by atoms with Gasteiger partial charge in [-0.15, -0.1) is 0 Å². The monoisotopic (exact) mass is 324 g/mol. The van der Waals surface area contributed by atoms with Crippen molar-refractivity contribution >= 4 is 11.9 Å². The van der Waals surface area contributed by atoms with Crippen LogP contribution in [-0.2, 0) is 19.1 Å². The maximum Gasteiger partial charge on any atom is 0.309 e. The van der Waals surface area contributed by atoms with E-state index >= 15 is 0 Å². The first-order valence-electron chi connectivity index (χ1n) is 8.99. The van der Waals surface area contributed by atoms with Gasteiger partial charge in [-0.1, -0.05) is 31.9 Å². The van der Waals surface area contributed by atoms with Gasteiger partial charge in [0.1, 0.15) is 0 Å². The molecule has 0 bridgehead atoms. The summed E-state index contributed by atoms with van der Waals surface area (Å²) in [4.78, 5) is 23.3. The molecule has 1 saturated carbocycles. The number of hydrogen-bond acceptors (Lipinski definition) is 4. The summed E-state index contributed by atoms with van der Waals surface area (Å²) in [7, 11) is 0. The van der Waals surface area contributed by atoms with Gasteiger partial charge in [-0.3, -0.25) is 9.59 Å². The van der Waals surface area contributed by atoms with E-state index in [0.29, 0.717) is 13.2 Å². The van der Waals surface area contributed by atoms with Gasteiger partial charge < -0.3 is 9.47 Å². The third-order valence-electron chi connectivity index (χ3n) is 4.37. The standard InChI is InChI=1S/C19H32O4/c1-4-7-16-8-10-17(11-9-16)19(21)23-13-6-5-12-22-18(20)14-15(2)3/h16-17H,2,4-14H2,1,3H3. The summed E-state index contributed by atoms with van der Waals surface area (Å²) in [5, 5.41) is 0. The highest BCUT2D eigenvalue weighted by Crippen LogP contribution is 2.32. The number of hydrogen-bond donors (Lipinski definition) is 0. The molecule has 1 rings (SSSR count). The molecule has 0 amide bonds. The highest BCUT2D eigenvalue weighted by Gasteiger charge is 2.26. The molecule has 0 saturated heterocycles. The van der Waals surface area contributed by atoms with Crippen molar-refractivity contribution in [3.8, 4) is 0 Å². The average molecular weight is 324 g/mol. The third-order valence-corrected chi connectivity index (χ3v) is 4.37. The second kappa shape index (κ2) is 11.3. The van der Waals surface area contributed by atoms with E-state index in [2.05, 4.69) is 13.5 Å². The minimum atomic E-state index is -0.238. The Balaban J connectivity index is 2.02. The minimum Gasteiger partial charge on any atom is -0.465 e. The Morgan fingerprint density at radius 1 is 1.04 bits per heavy atom. The summed E-state index contributed by atoms with van der Waals surface area (Å²) >= 11 is 0. The lowest BCUT2D eigenvalue weighted by Crippen LogP contribution is -2.24. The first-order valence-corrected chi connectivity index (χ1v) is 8.99. The highest BCUT2D eigenvalue weighted by atomic mass is 16.5. The van der Waals surface area contributed by atoms with E-state index in [9.17, 15) is 9.59 Å². The molecular weight excluding hydrogens is 292 g/mol. The second-order valence-electron chi connectivity index (χ2n) is 6.74. The molecule has 1 aliphatic rings. The fourth-order valence-electron chi connectivity index (χ4n) is 3.07. The van der Waals surface area contributed by atoms with Crippen LogP contribution in [0.2, 0.25) is 0 Å². The van der Waals surface area contributed by atoms with Gasteiger partial charge in [0, 0.05) is 0 Å². The lowest BCUT2D eigenvalue weighted by atomic mass is 9.80. The van der Waals surface area contributed by atoms with E-state index in [-0.39, 0.29) is 24.3 Å². The summed E-state index contributed by atoms with van der Waals surface area (Å²) in [5.74, 6) is 0.618. The van der Waals surface area contributed by atoms with E-state index in [1.807, 2.05) is 0 Å². The van der Waals surface area contributed by atoms with Crippen LogP contribution in [0.1, 0.15) is 71.6 Å². The van der Waals surface area contributed by atoms with Crippen molar-refractivity contribution in [1.29, 1.82) is 0 Å². The Kier molecular flexibility index (Phi) is 9.65. The molecule has 0 heterocycles. The summed E-state index contributed by atoms with van der Waals surface area (Å²) < 4.78 is 10.4.